The number of aromatic nitrogens is 1. The Kier molecular flexibility index (Phi) is 4.23. The van der Waals surface area contributed by atoms with Crippen LogP contribution in [0.2, 0.25) is 0 Å². The van der Waals surface area contributed by atoms with E-state index in [1.54, 1.807) is 0 Å². The van der Waals surface area contributed by atoms with Gasteiger partial charge >= 0.3 is 0 Å². The van der Waals surface area contributed by atoms with Gasteiger partial charge in [-0.15, -0.1) is 12.4 Å². The fourth-order valence-corrected chi connectivity index (χ4v) is 3.51. The topological polar surface area (TPSA) is 27.8 Å². The van der Waals surface area contributed by atoms with Gasteiger partial charge in [-0.3, -0.25) is 0 Å². The van der Waals surface area contributed by atoms with Gasteiger partial charge in [0.05, 0.1) is 0 Å². The lowest BCUT2D eigenvalue weighted by atomic mass is 9.94. The third-order valence-corrected chi connectivity index (χ3v) is 4.55. The maximum atomic E-state index is 3.65. The Balaban J connectivity index is 0.00000144. The molecule has 114 valence electrons. The van der Waals surface area contributed by atoms with Crippen LogP contribution in [0.3, 0.4) is 0 Å². The van der Waals surface area contributed by atoms with E-state index in [1.807, 2.05) is 0 Å². The summed E-state index contributed by atoms with van der Waals surface area (Å²) >= 11 is 0. The van der Waals surface area contributed by atoms with Crippen LogP contribution < -0.4 is 5.32 Å². The van der Waals surface area contributed by atoms with Gasteiger partial charge in [0, 0.05) is 29.6 Å². The van der Waals surface area contributed by atoms with Gasteiger partial charge in [-0.1, -0.05) is 36.4 Å². The van der Waals surface area contributed by atoms with Crippen LogP contribution in [-0.2, 0) is 12.8 Å². The molecule has 0 spiro atoms. The van der Waals surface area contributed by atoms with E-state index in [1.165, 1.54) is 38.9 Å². The summed E-state index contributed by atoms with van der Waals surface area (Å²) in [4.78, 5) is 3.65. The van der Waals surface area contributed by atoms with Crippen molar-refractivity contribution in [2.75, 3.05) is 13.1 Å². The Morgan fingerprint density at radius 3 is 2.50 bits per heavy atom. The van der Waals surface area contributed by atoms with E-state index < -0.39 is 0 Å². The van der Waals surface area contributed by atoms with Gasteiger partial charge in [-0.25, -0.2) is 0 Å². The van der Waals surface area contributed by atoms with E-state index in [4.69, 9.17) is 0 Å². The molecule has 2 nitrogen and oxygen atoms in total. The molecule has 4 rings (SSSR count). The zero-order valence-corrected chi connectivity index (χ0v) is 13.6. The van der Waals surface area contributed by atoms with Crippen LogP contribution in [0.5, 0.6) is 0 Å². The van der Waals surface area contributed by atoms with E-state index in [0.717, 1.165) is 25.9 Å². The molecule has 3 aromatic rings. The smallest absolute Gasteiger partial charge is 0.0465 e. The third-order valence-electron chi connectivity index (χ3n) is 4.55. The Bertz CT molecular complexity index is 804. The largest absolute Gasteiger partial charge is 0.358 e. The molecule has 1 aromatic heterocycles. The van der Waals surface area contributed by atoms with E-state index in [2.05, 4.69) is 59.7 Å². The second kappa shape index (κ2) is 6.15. The molecule has 0 saturated carbocycles. The first kappa shape index (κ1) is 15.1. The van der Waals surface area contributed by atoms with Crippen molar-refractivity contribution in [3.05, 3.63) is 59.3 Å². The van der Waals surface area contributed by atoms with Crippen LogP contribution in [0, 0.1) is 6.92 Å². The zero-order chi connectivity index (χ0) is 14.2. The number of hydrogen-bond acceptors (Lipinski definition) is 1. The molecule has 0 bridgehead atoms. The van der Waals surface area contributed by atoms with Crippen molar-refractivity contribution >= 4 is 23.3 Å². The summed E-state index contributed by atoms with van der Waals surface area (Å²) < 4.78 is 0. The number of aromatic amines is 1. The molecule has 22 heavy (non-hydrogen) atoms. The molecule has 2 aromatic carbocycles. The Morgan fingerprint density at radius 1 is 0.864 bits per heavy atom. The molecule has 2 N–H and O–H groups in total. The van der Waals surface area contributed by atoms with Crippen molar-refractivity contribution in [3.63, 3.8) is 0 Å². The summed E-state index contributed by atoms with van der Waals surface area (Å²) in [6, 6.07) is 15.3. The zero-order valence-electron chi connectivity index (χ0n) is 12.8. The van der Waals surface area contributed by atoms with Crippen LogP contribution in [0.25, 0.3) is 22.0 Å². The SMILES string of the molecule is Cc1ccccc1-c1cccc2[nH]c3c(c12)CCNCC3.Cl. The molecule has 0 unspecified atom stereocenters. The van der Waals surface area contributed by atoms with Crippen molar-refractivity contribution in [2.24, 2.45) is 0 Å². The first-order valence-corrected chi connectivity index (χ1v) is 7.74. The van der Waals surface area contributed by atoms with Gasteiger partial charge in [-0.05, 0) is 48.2 Å². The fraction of sp³-hybridized carbons (Fsp3) is 0.263. The number of halogens is 1. The minimum absolute atomic E-state index is 0. The van der Waals surface area contributed by atoms with Gasteiger partial charge in [0.15, 0.2) is 0 Å². The average Bonchev–Trinajstić information content (AvgIpc) is 2.70. The molecule has 1 aliphatic rings. The molecule has 0 atom stereocenters. The molecular weight excluding hydrogens is 292 g/mol. The molecule has 0 aliphatic carbocycles. The standard InChI is InChI=1S/C19H20N2.ClH/c1-13-5-2-3-6-14(13)15-7-4-8-18-19(15)16-9-11-20-12-10-17(16)21-18;/h2-8,20-21H,9-12H2,1H3;1H. The molecular formula is C19H21ClN2. The second-order valence-corrected chi connectivity index (χ2v) is 5.88. The molecule has 0 amide bonds. The van der Waals surface area contributed by atoms with Gasteiger partial charge < -0.3 is 10.3 Å². The predicted octanol–water partition coefficient (Wildman–Crippen LogP) is 4.25. The van der Waals surface area contributed by atoms with Gasteiger partial charge in [0.2, 0.25) is 0 Å². The minimum atomic E-state index is 0. The van der Waals surface area contributed by atoms with Crippen LogP contribution in [0.4, 0.5) is 0 Å². The third kappa shape index (κ3) is 2.43. The Labute approximate surface area is 137 Å². The molecule has 0 fully saturated rings. The molecule has 0 radical (unpaired) electrons. The van der Waals surface area contributed by atoms with Crippen molar-refractivity contribution in [1.29, 1.82) is 0 Å². The lowest BCUT2D eigenvalue weighted by Crippen LogP contribution is -2.16. The highest BCUT2D eigenvalue weighted by atomic mass is 35.5. The van der Waals surface area contributed by atoms with Gasteiger partial charge in [0.1, 0.15) is 0 Å². The maximum Gasteiger partial charge on any atom is 0.0465 e. The van der Waals surface area contributed by atoms with E-state index in [0.29, 0.717) is 0 Å². The molecule has 3 heteroatoms. The predicted molar refractivity (Wildman–Crippen MR) is 96.0 cm³/mol. The van der Waals surface area contributed by atoms with Gasteiger partial charge in [-0.2, -0.15) is 0 Å². The second-order valence-electron chi connectivity index (χ2n) is 5.88. The summed E-state index contributed by atoms with van der Waals surface area (Å²) in [5, 5.41) is 4.92. The van der Waals surface area contributed by atoms with Crippen LogP contribution in [0.1, 0.15) is 16.8 Å². The fourth-order valence-electron chi connectivity index (χ4n) is 3.51. The number of benzene rings is 2. The number of nitrogens with one attached hydrogen (secondary N) is 2. The Hall–Kier alpha value is -1.77. The highest BCUT2D eigenvalue weighted by Gasteiger charge is 2.17. The van der Waals surface area contributed by atoms with E-state index in [-0.39, 0.29) is 12.4 Å². The number of rotatable bonds is 1. The van der Waals surface area contributed by atoms with Gasteiger partial charge in [0.25, 0.3) is 0 Å². The summed E-state index contributed by atoms with van der Waals surface area (Å²) in [7, 11) is 0. The van der Waals surface area contributed by atoms with E-state index in [9.17, 15) is 0 Å². The lowest BCUT2D eigenvalue weighted by molar-refractivity contribution is 0.708. The average molecular weight is 313 g/mol. The number of aryl methyl sites for hydroxylation is 1. The van der Waals surface area contributed by atoms with Crippen LogP contribution >= 0.6 is 12.4 Å². The minimum Gasteiger partial charge on any atom is -0.358 e. The summed E-state index contributed by atoms with van der Waals surface area (Å²) in [6.07, 6.45) is 2.20. The highest BCUT2D eigenvalue weighted by Crippen LogP contribution is 2.35. The van der Waals surface area contributed by atoms with Crippen LogP contribution in [-0.4, -0.2) is 18.1 Å². The lowest BCUT2D eigenvalue weighted by Gasteiger charge is -2.09. The first-order valence-electron chi connectivity index (χ1n) is 7.74. The van der Waals surface area contributed by atoms with Crippen molar-refractivity contribution in [1.82, 2.24) is 10.3 Å². The molecule has 1 aliphatic heterocycles. The Morgan fingerprint density at radius 2 is 1.64 bits per heavy atom. The van der Waals surface area contributed by atoms with E-state index >= 15 is 0 Å². The normalized spacial score (nSPS) is 14.2. The monoisotopic (exact) mass is 312 g/mol. The van der Waals surface area contributed by atoms with Crippen molar-refractivity contribution in [3.8, 4) is 11.1 Å². The quantitative estimate of drug-likeness (QED) is 0.690. The highest BCUT2D eigenvalue weighted by molar-refractivity contribution is 5.99. The van der Waals surface area contributed by atoms with Crippen molar-refractivity contribution < 1.29 is 0 Å². The summed E-state index contributed by atoms with van der Waals surface area (Å²) in [5.74, 6) is 0. The number of hydrogen-bond donors (Lipinski definition) is 2. The van der Waals surface area contributed by atoms with Crippen LogP contribution in [0.15, 0.2) is 42.5 Å². The van der Waals surface area contributed by atoms with Crippen molar-refractivity contribution in [2.45, 2.75) is 19.8 Å². The maximum absolute atomic E-state index is 3.65. The number of H-pyrrole nitrogens is 1. The molecule has 0 saturated heterocycles. The molecule has 2 heterocycles. The summed E-state index contributed by atoms with van der Waals surface area (Å²) in [6.45, 7) is 4.34. The number of fused-ring (bicyclic) bond motifs is 3. The first-order chi connectivity index (χ1) is 10.3. The summed E-state index contributed by atoms with van der Waals surface area (Å²) in [5.41, 5.74) is 8.26.